The predicted molar refractivity (Wildman–Crippen MR) is 144 cm³/mol. The van der Waals surface area contributed by atoms with Crippen LogP contribution in [-0.4, -0.2) is 50.1 Å². The van der Waals surface area contributed by atoms with Gasteiger partial charge in [-0.05, 0) is 24.3 Å². The molecule has 14 heteroatoms. The van der Waals surface area contributed by atoms with Crippen molar-refractivity contribution in [2.24, 2.45) is 0 Å². The van der Waals surface area contributed by atoms with Crippen LogP contribution in [0, 0.1) is 20.2 Å². The number of methoxy groups -OCH3 is 4. The third kappa shape index (κ3) is 6.80. The third-order valence-electron chi connectivity index (χ3n) is 5.46. The zero-order chi connectivity index (χ0) is 29.4. The van der Waals surface area contributed by atoms with E-state index >= 15 is 0 Å². The monoisotopic (exact) mass is 552 g/mol. The maximum absolute atomic E-state index is 12.8. The minimum atomic E-state index is -0.868. The maximum atomic E-state index is 12.8. The van der Waals surface area contributed by atoms with Gasteiger partial charge in [0.1, 0.15) is 23.0 Å². The molecular weight excluding hydrogens is 528 g/mol. The van der Waals surface area contributed by atoms with Crippen molar-refractivity contribution < 1.29 is 38.4 Å². The van der Waals surface area contributed by atoms with Crippen molar-refractivity contribution in [2.45, 2.75) is 0 Å². The Morgan fingerprint density at radius 1 is 0.750 bits per heavy atom. The number of nitrogens with one attached hydrogen (secondary N) is 2. The molecule has 0 heterocycles. The van der Waals surface area contributed by atoms with E-state index in [9.17, 15) is 29.8 Å². The molecule has 14 nitrogen and oxygen atoms in total. The highest BCUT2D eigenvalue weighted by atomic mass is 16.6. The lowest BCUT2D eigenvalue weighted by atomic mass is 10.1. The fourth-order valence-corrected chi connectivity index (χ4v) is 3.55. The van der Waals surface area contributed by atoms with Gasteiger partial charge in [-0.25, -0.2) is 0 Å². The van der Waals surface area contributed by atoms with Crippen molar-refractivity contribution in [3.8, 4) is 23.0 Å². The molecule has 0 aliphatic heterocycles. The van der Waals surface area contributed by atoms with Gasteiger partial charge in [-0.1, -0.05) is 0 Å². The highest BCUT2D eigenvalue weighted by Gasteiger charge is 2.21. The van der Waals surface area contributed by atoms with E-state index in [1.165, 1.54) is 58.8 Å². The van der Waals surface area contributed by atoms with E-state index in [2.05, 4.69) is 10.6 Å². The van der Waals surface area contributed by atoms with E-state index in [0.717, 1.165) is 18.2 Å². The van der Waals surface area contributed by atoms with Crippen LogP contribution in [0.15, 0.2) is 54.6 Å². The molecule has 0 saturated heterocycles. The summed E-state index contributed by atoms with van der Waals surface area (Å²) >= 11 is 0. The summed E-state index contributed by atoms with van der Waals surface area (Å²) in [4.78, 5) is 46.2. The van der Waals surface area contributed by atoms with Crippen LogP contribution in [0.2, 0.25) is 0 Å². The van der Waals surface area contributed by atoms with Crippen molar-refractivity contribution in [3.63, 3.8) is 0 Å². The molecule has 40 heavy (non-hydrogen) atoms. The van der Waals surface area contributed by atoms with Crippen molar-refractivity contribution >= 4 is 40.6 Å². The van der Waals surface area contributed by atoms with E-state index in [1.54, 1.807) is 12.1 Å². The van der Waals surface area contributed by atoms with Crippen LogP contribution in [0.1, 0.15) is 15.9 Å². The van der Waals surface area contributed by atoms with E-state index in [1.807, 2.05) is 0 Å². The van der Waals surface area contributed by atoms with Gasteiger partial charge in [-0.2, -0.15) is 0 Å². The van der Waals surface area contributed by atoms with Crippen LogP contribution in [0.5, 0.6) is 23.0 Å². The molecule has 208 valence electrons. The number of carbonyl (C=O) groups is 2. The largest absolute Gasteiger partial charge is 0.496 e. The van der Waals surface area contributed by atoms with Crippen molar-refractivity contribution in [1.82, 2.24) is 0 Å². The summed E-state index contributed by atoms with van der Waals surface area (Å²) in [6.07, 6.45) is 2.74. The highest BCUT2D eigenvalue weighted by Crippen LogP contribution is 2.35. The van der Waals surface area contributed by atoms with E-state index < -0.39 is 33.0 Å². The molecule has 0 unspecified atom stereocenters. The molecule has 3 aromatic carbocycles. The number of nitro benzene ring substituents is 2. The Balaban J connectivity index is 1.84. The Bertz CT molecular complexity index is 1450. The Labute approximate surface area is 227 Å². The highest BCUT2D eigenvalue weighted by molar-refractivity contribution is 6.07. The van der Waals surface area contributed by atoms with Crippen LogP contribution >= 0.6 is 0 Å². The van der Waals surface area contributed by atoms with Crippen molar-refractivity contribution in [2.75, 3.05) is 39.1 Å². The molecule has 2 amide bonds. The van der Waals surface area contributed by atoms with Gasteiger partial charge in [0.2, 0.25) is 5.91 Å². The second-order valence-corrected chi connectivity index (χ2v) is 7.89. The summed E-state index contributed by atoms with van der Waals surface area (Å²) in [7, 11) is 5.77. The van der Waals surface area contributed by atoms with E-state index in [-0.39, 0.29) is 22.7 Å². The summed E-state index contributed by atoms with van der Waals surface area (Å²) in [5.41, 5.74) is -0.697. The number of carbonyl (C=O) groups excluding carboxylic acids is 2. The lowest BCUT2D eigenvalue weighted by Crippen LogP contribution is -2.14. The number of non-ortho nitro benzene ring substituents is 2. The van der Waals surface area contributed by atoms with E-state index in [4.69, 9.17) is 18.9 Å². The molecule has 3 aromatic rings. The molecule has 0 atom stereocenters. The standard InChI is InChI=1S/C26H24N4O10/c1-37-19-13-23(39-3)20(24(14-19)40-4)6-8-25(31)27-16-5-7-22(38-2)21(11-16)28-26(32)15-9-17(29(33)34)12-18(10-15)30(35)36/h5-14H,1-4H3,(H,27,31)(H,28,32)/b8-6+. The zero-order valence-corrected chi connectivity index (χ0v) is 21.8. The molecule has 0 aliphatic carbocycles. The number of benzene rings is 3. The third-order valence-corrected chi connectivity index (χ3v) is 5.46. The first kappa shape index (κ1) is 28.9. The van der Waals surface area contributed by atoms with Gasteiger partial charge in [0.25, 0.3) is 17.3 Å². The summed E-state index contributed by atoms with van der Waals surface area (Å²) in [6.45, 7) is 0. The zero-order valence-electron chi connectivity index (χ0n) is 21.8. The molecule has 3 rings (SSSR count). The smallest absolute Gasteiger partial charge is 0.277 e. The summed E-state index contributed by atoms with van der Waals surface area (Å²) in [5, 5.41) is 27.5. The van der Waals surface area contributed by atoms with Crippen LogP contribution < -0.4 is 29.6 Å². The molecule has 0 radical (unpaired) electrons. The van der Waals surface area contributed by atoms with Crippen molar-refractivity contribution in [3.05, 3.63) is 86.0 Å². The first-order valence-corrected chi connectivity index (χ1v) is 11.3. The fraction of sp³-hybridized carbons (Fsp3) is 0.154. The lowest BCUT2D eigenvalue weighted by molar-refractivity contribution is -0.394. The molecule has 0 aliphatic rings. The summed E-state index contributed by atoms with van der Waals surface area (Å²) in [6, 6.07) is 10.2. The number of nitrogens with zero attached hydrogens (tertiary/aromatic N) is 2. The minimum Gasteiger partial charge on any atom is -0.496 e. The Kier molecular flexibility index (Phi) is 9.20. The van der Waals surface area contributed by atoms with Gasteiger partial charge in [0.05, 0.1) is 61.2 Å². The van der Waals surface area contributed by atoms with Gasteiger partial charge >= 0.3 is 0 Å². The van der Waals surface area contributed by atoms with Crippen LogP contribution in [0.25, 0.3) is 6.08 Å². The molecule has 0 spiro atoms. The predicted octanol–water partition coefficient (Wildman–Crippen LogP) is 4.44. The summed E-state index contributed by atoms with van der Waals surface area (Å²) < 4.78 is 21.2. The Morgan fingerprint density at radius 3 is 1.82 bits per heavy atom. The molecular formula is C26H24N4O10. The SMILES string of the molecule is COc1cc(OC)c(/C=C/C(=O)Nc2ccc(OC)c(NC(=O)c3cc([N+](=O)[O-])cc([N+](=O)[O-])c3)c2)c(OC)c1. The van der Waals surface area contributed by atoms with Gasteiger partial charge in [-0.3, -0.25) is 29.8 Å². The number of hydrogen-bond acceptors (Lipinski definition) is 10. The second-order valence-electron chi connectivity index (χ2n) is 7.89. The summed E-state index contributed by atoms with van der Waals surface area (Å²) in [5.74, 6) is 0.133. The average molecular weight is 552 g/mol. The van der Waals surface area contributed by atoms with Crippen LogP contribution in [-0.2, 0) is 4.79 Å². The van der Waals surface area contributed by atoms with E-state index in [0.29, 0.717) is 22.8 Å². The minimum absolute atomic E-state index is 0.0990. The number of ether oxygens (including phenoxy) is 4. The van der Waals surface area contributed by atoms with Crippen molar-refractivity contribution in [1.29, 1.82) is 0 Å². The van der Waals surface area contributed by atoms with Crippen LogP contribution in [0.4, 0.5) is 22.7 Å². The normalized spacial score (nSPS) is 10.5. The molecule has 0 fully saturated rings. The molecule has 0 aromatic heterocycles. The van der Waals surface area contributed by atoms with Gasteiger partial charge in [0, 0.05) is 36.0 Å². The lowest BCUT2D eigenvalue weighted by Gasteiger charge is -2.13. The Hall–Kier alpha value is -5.66. The van der Waals surface area contributed by atoms with Crippen LogP contribution in [0.3, 0.4) is 0 Å². The maximum Gasteiger partial charge on any atom is 0.277 e. The average Bonchev–Trinajstić information content (AvgIpc) is 2.95. The topological polar surface area (TPSA) is 181 Å². The first-order chi connectivity index (χ1) is 19.1. The molecule has 0 saturated carbocycles. The van der Waals surface area contributed by atoms with Gasteiger partial charge < -0.3 is 29.6 Å². The fourth-order valence-electron chi connectivity index (χ4n) is 3.55. The number of amides is 2. The van der Waals surface area contributed by atoms with Gasteiger partial charge in [-0.15, -0.1) is 0 Å². The molecule has 2 N–H and O–H groups in total. The van der Waals surface area contributed by atoms with Gasteiger partial charge in [0.15, 0.2) is 0 Å². The number of rotatable bonds is 11. The first-order valence-electron chi connectivity index (χ1n) is 11.3. The Morgan fingerprint density at radius 2 is 1.32 bits per heavy atom. The molecule has 0 bridgehead atoms. The second kappa shape index (κ2) is 12.7. The number of hydrogen-bond donors (Lipinski definition) is 2. The number of nitro groups is 2. The quantitative estimate of drug-likeness (QED) is 0.196. The number of anilines is 2.